The lowest BCUT2D eigenvalue weighted by molar-refractivity contribution is -0.118. The van der Waals surface area contributed by atoms with Crippen molar-refractivity contribution in [2.45, 2.75) is 31.7 Å². The quantitative estimate of drug-likeness (QED) is 0.721. The summed E-state index contributed by atoms with van der Waals surface area (Å²) in [6.45, 7) is 4.47. The van der Waals surface area contributed by atoms with Crippen LogP contribution in [0.15, 0.2) is 34.9 Å². The number of anilines is 3. The minimum Gasteiger partial charge on any atom is -0.399 e. The van der Waals surface area contributed by atoms with E-state index in [0.29, 0.717) is 17.3 Å². The Morgan fingerprint density at radius 1 is 1.46 bits per heavy atom. The maximum atomic E-state index is 12.5. The molecule has 1 aromatic carbocycles. The maximum Gasteiger partial charge on any atom is 0.249 e. The minimum atomic E-state index is -0.515. The van der Waals surface area contributed by atoms with Gasteiger partial charge < -0.3 is 20.3 Å². The van der Waals surface area contributed by atoms with Gasteiger partial charge in [0.1, 0.15) is 6.04 Å². The largest absolute Gasteiger partial charge is 0.399 e. The second-order valence-electron chi connectivity index (χ2n) is 6.70. The van der Waals surface area contributed by atoms with Crippen LogP contribution in [0.1, 0.15) is 26.0 Å². The first-order valence-corrected chi connectivity index (χ1v) is 7.92. The molecule has 2 heterocycles. The molecule has 0 saturated carbocycles. The highest BCUT2D eigenvalue weighted by atomic mass is 16.5. The molecule has 7 nitrogen and oxygen atoms in total. The number of amides is 1. The molecule has 1 fully saturated rings. The van der Waals surface area contributed by atoms with Crippen LogP contribution in [0.4, 0.5) is 17.3 Å². The topological polar surface area (TPSA) is 105 Å². The van der Waals surface area contributed by atoms with Crippen LogP contribution < -0.4 is 16.0 Å². The summed E-state index contributed by atoms with van der Waals surface area (Å²) in [5, 5.41) is 16.0. The summed E-state index contributed by atoms with van der Waals surface area (Å²) in [6.07, 6.45) is 0.777. The zero-order valence-corrected chi connectivity index (χ0v) is 13.8. The number of rotatable bonds is 5. The molecule has 0 unspecified atom stereocenters. The van der Waals surface area contributed by atoms with Gasteiger partial charge in [0.2, 0.25) is 11.8 Å². The van der Waals surface area contributed by atoms with Crippen LogP contribution in [-0.4, -0.2) is 35.4 Å². The zero-order valence-electron chi connectivity index (χ0n) is 13.8. The minimum absolute atomic E-state index is 0.0551. The third-order valence-corrected chi connectivity index (χ3v) is 4.39. The standard InChI is InChI=1S/C17H22N4O3/c1-17(2,10-22)14-9-15(24-20-14)19-16(23)13-7-8-21(13)12-5-3-11(18)4-6-12/h3-6,9,13,22H,7-8,10,18H2,1-2H3,(H,19,23)/t13-/m0/s1. The Balaban J connectivity index is 1.66. The molecule has 24 heavy (non-hydrogen) atoms. The van der Waals surface area contributed by atoms with Crippen LogP contribution in [0.2, 0.25) is 0 Å². The number of carbonyl (C=O) groups is 1. The number of hydrogen-bond donors (Lipinski definition) is 3. The molecule has 0 radical (unpaired) electrons. The smallest absolute Gasteiger partial charge is 0.249 e. The lowest BCUT2D eigenvalue weighted by Crippen LogP contribution is -2.54. The number of nitrogens with one attached hydrogen (secondary N) is 1. The van der Waals surface area contributed by atoms with E-state index >= 15 is 0 Å². The van der Waals surface area contributed by atoms with Crippen molar-refractivity contribution in [1.29, 1.82) is 0 Å². The third-order valence-electron chi connectivity index (χ3n) is 4.39. The SMILES string of the molecule is CC(C)(CO)c1cc(NC(=O)[C@@H]2CCN2c2ccc(N)cc2)on1. The fourth-order valence-electron chi connectivity index (χ4n) is 2.57. The number of hydrogen-bond acceptors (Lipinski definition) is 6. The van der Waals surface area contributed by atoms with Crippen LogP contribution in [0.3, 0.4) is 0 Å². The number of aromatic nitrogens is 1. The number of nitrogens with two attached hydrogens (primary N) is 1. The summed E-state index contributed by atoms with van der Waals surface area (Å²) in [5.41, 5.74) is 7.45. The van der Waals surface area contributed by atoms with Crippen molar-refractivity contribution < 1.29 is 14.4 Å². The first-order valence-electron chi connectivity index (χ1n) is 7.92. The van der Waals surface area contributed by atoms with E-state index in [9.17, 15) is 9.90 Å². The van der Waals surface area contributed by atoms with E-state index in [1.165, 1.54) is 0 Å². The molecular weight excluding hydrogens is 308 g/mol. The van der Waals surface area contributed by atoms with Gasteiger partial charge in [-0.2, -0.15) is 0 Å². The highest BCUT2D eigenvalue weighted by Gasteiger charge is 2.35. The predicted octanol–water partition coefficient (Wildman–Crippen LogP) is 1.74. The fourth-order valence-corrected chi connectivity index (χ4v) is 2.57. The molecule has 1 atom stereocenters. The van der Waals surface area contributed by atoms with Gasteiger partial charge in [0.05, 0.1) is 12.3 Å². The monoisotopic (exact) mass is 330 g/mol. The molecule has 2 aromatic rings. The van der Waals surface area contributed by atoms with Crippen molar-refractivity contribution in [1.82, 2.24) is 5.16 Å². The predicted molar refractivity (Wildman–Crippen MR) is 91.8 cm³/mol. The molecule has 0 spiro atoms. The summed E-state index contributed by atoms with van der Waals surface area (Å²) in [7, 11) is 0. The van der Waals surface area contributed by atoms with Crippen LogP contribution in [0.25, 0.3) is 0 Å². The van der Waals surface area contributed by atoms with Crippen LogP contribution in [0.5, 0.6) is 0 Å². The number of nitrogens with zero attached hydrogens (tertiary/aromatic N) is 2. The zero-order chi connectivity index (χ0) is 17.3. The average molecular weight is 330 g/mol. The Bertz CT molecular complexity index is 724. The Morgan fingerprint density at radius 2 is 2.17 bits per heavy atom. The van der Waals surface area contributed by atoms with Gasteiger partial charge >= 0.3 is 0 Å². The molecule has 1 saturated heterocycles. The van der Waals surface area contributed by atoms with E-state index < -0.39 is 5.41 Å². The van der Waals surface area contributed by atoms with Crippen LogP contribution >= 0.6 is 0 Å². The summed E-state index contributed by atoms with van der Waals surface area (Å²) >= 11 is 0. The Morgan fingerprint density at radius 3 is 2.75 bits per heavy atom. The average Bonchev–Trinajstić information content (AvgIpc) is 2.97. The maximum absolute atomic E-state index is 12.5. The van der Waals surface area contributed by atoms with Gasteiger partial charge in [0.25, 0.3) is 0 Å². The van der Waals surface area contributed by atoms with E-state index in [1.807, 2.05) is 43.0 Å². The van der Waals surface area contributed by atoms with Gasteiger partial charge in [-0.15, -0.1) is 0 Å². The van der Waals surface area contributed by atoms with Crippen molar-refractivity contribution in [2.24, 2.45) is 0 Å². The molecule has 1 amide bonds. The van der Waals surface area contributed by atoms with Crippen molar-refractivity contribution in [3.05, 3.63) is 36.0 Å². The molecule has 1 aliphatic heterocycles. The summed E-state index contributed by atoms with van der Waals surface area (Å²) in [5.74, 6) is 0.156. The number of aliphatic hydroxyl groups excluding tert-OH is 1. The van der Waals surface area contributed by atoms with Crippen molar-refractivity contribution in [2.75, 3.05) is 29.1 Å². The van der Waals surface area contributed by atoms with Crippen molar-refractivity contribution in [3.8, 4) is 0 Å². The van der Waals surface area contributed by atoms with Crippen LogP contribution in [0, 0.1) is 0 Å². The molecule has 128 valence electrons. The van der Waals surface area contributed by atoms with Crippen LogP contribution in [-0.2, 0) is 10.2 Å². The number of carbonyl (C=O) groups excluding carboxylic acids is 1. The lowest BCUT2D eigenvalue weighted by Gasteiger charge is -2.41. The number of nitrogen functional groups attached to an aromatic ring is 1. The Hall–Kier alpha value is -2.54. The lowest BCUT2D eigenvalue weighted by atomic mass is 9.91. The second kappa shape index (κ2) is 6.16. The van der Waals surface area contributed by atoms with Gasteiger partial charge in [0.15, 0.2) is 0 Å². The molecule has 1 aliphatic rings. The summed E-state index contributed by atoms with van der Waals surface area (Å²) < 4.78 is 5.17. The highest BCUT2D eigenvalue weighted by Crippen LogP contribution is 2.29. The fraction of sp³-hybridized carbons (Fsp3) is 0.412. The van der Waals surface area contributed by atoms with Gasteiger partial charge in [-0.1, -0.05) is 19.0 Å². The normalized spacial score (nSPS) is 17.5. The molecule has 3 rings (SSSR count). The van der Waals surface area contributed by atoms with Gasteiger partial charge in [0, 0.05) is 29.4 Å². The highest BCUT2D eigenvalue weighted by molar-refractivity contribution is 5.97. The molecular formula is C17H22N4O3. The van der Waals surface area contributed by atoms with E-state index in [1.54, 1.807) is 6.07 Å². The molecule has 1 aromatic heterocycles. The Labute approximate surface area is 140 Å². The summed E-state index contributed by atoms with van der Waals surface area (Å²) in [6, 6.07) is 8.87. The van der Waals surface area contributed by atoms with Crippen molar-refractivity contribution in [3.63, 3.8) is 0 Å². The second-order valence-corrected chi connectivity index (χ2v) is 6.70. The number of aliphatic hydroxyl groups is 1. The molecule has 0 bridgehead atoms. The third kappa shape index (κ3) is 3.07. The van der Waals surface area contributed by atoms with E-state index in [0.717, 1.165) is 18.7 Å². The van der Waals surface area contributed by atoms with E-state index in [2.05, 4.69) is 10.5 Å². The molecule has 0 aliphatic carbocycles. The van der Waals surface area contributed by atoms with Crippen molar-refractivity contribution >= 4 is 23.2 Å². The molecule has 4 N–H and O–H groups in total. The first kappa shape index (κ1) is 16.3. The Kier molecular flexibility index (Phi) is 4.19. The number of benzene rings is 1. The van der Waals surface area contributed by atoms with Gasteiger partial charge in [-0.25, -0.2) is 0 Å². The van der Waals surface area contributed by atoms with Gasteiger partial charge in [-0.3, -0.25) is 10.1 Å². The van der Waals surface area contributed by atoms with Gasteiger partial charge in [-0.05, 0) is 30.7 Å². The van der Waals surface area contributed by atoms with E-state index in [4.69, 9.17) is 10.3 Å². The summed E-state index contributed by atoms with van der Waals surface area (Å²) in [4.78, 5) is 14.5. The van der Waals surface area contributed by atoms with E-state index in [-0.39, 0.29) is 18.6 Å². The first-order chi connectivity index (χ1) is 11.4. The molecule has 7 heteroatoms.